The van der Waals surface area contributed by atoms with Crippen molar-refractivity contribution in [1.82, 2.24) is 0 Å². The van der Waals surface area contributed by atoms with Crippen LogP contribution in [0.3, 0.4) is 0 Å². The lowest BCUT2D eigenvalue weighted by Gasteiger charge is -2.28. The summed E-state index contributed by atoms with van der Waals surface area (Å²) in [6, 6.07) is 10.4. The molecule has 0 saturated heterocycles. The highest BCUT2D eigenvalue weighted by atomic mass is 35.5. The molecule has 0 spiro atoms. The van der Waals surface area contributed by atoms with E-state index in [1.54, 1.807) is 30.3 Å². The largest absolute Gasteiger partial charge is 0.495 e. The van der Waals surface area contributed by atoms with Gasteiger partial charge in [0.2, 0.25) is 15.9 Å². The van der Waals surface area contributed by atoms with Crippen LogP contribution in [0.25, 0.3) is 0 Å². The van der Waals surface area contributed by atoms with Crippen LogP contribution in [0.4, 0.5) is 11.4 Å². The van der Waals surface area contributed by atoms with E-state index in [9.17, 15) is 13.2 Å². The Morgan fingerprint density at radius 1 is 1.25 bits per heavy atom. The zero-order valence-corrected chi connectivity index (χ0v) is 17.7. The van der Waals surface area contributed by atoms with E-state index in [-0.39, 0.29) is 10.7 Å². The zero-order valence-electron chi connectivity index (χ0n) is 16.1. The fraction of sp³-hybridized carbons (Fsp3) is 0.316. The Labute approximate surface area is 170 Å². The second-order valence-electron chi connectivity index (χ2n) is 6.00. The van der Waals surface area contributed by atoms with Crippen molar-refractivity contribution in [1.29, 1.82) is 0 Å². The summed E-state index contributed by atoms with van der Waals surface area (Å²) in [7, 11) is -2.30. The topological polar surface area (TPSA) is 84.9 Å². The number of rotatable bonds is 8. The molecule has 0 aromatic heterocycles. The number of benzene rings is 2. The van der Waals surface area contributed by atoms with Crippen LogP contribution in [0.2, 0.25) is 5.02 Å². The fourth-order valence-electron chi connectivity index (χ4n) is 2.68. The lowest BCUT2D eigenvalue weighted by Crippen LogP contribution is -2.45. The number of carbonyl (C=O) groups is 1. The van der Waals surface area contributed by atoms with E-state index in [4.69, 9.17) is 21.1 Å². The van der Waals surface area contributed by atoms with Crippen LogP contribution in [0, 0.1) is 0 Å². The van der Waals surface area contributed by atoms with Crippen LogP contribution in [-0.2, 0) is 14.8 Å². The molecule has 0 aliphatic heterocycles. The maximum atomic E-state index is 12.7. The molecule has 0 aliphatic carbocycles. The average molecular weight is 427 g/mol. The first-order valence-corrected chi connectivity index (χ1v) is 10.8. The monoisotopic (exact) mass is 426 g/mol. The van der Waals surface area contributed by atoms with Gasteiger partial charge in [0.05, 0.1) is 30.7 Å². The molecule has 0 bridgehead atoms. The molecule has 7 nitrogen and oxygen atoms in total. The van der Waals surface area contributed by atoms with Gasteiger partial charge in [-0.15, -0.1) is 0 Å². The number of sulfonamides is 1. The van der Waals surface area contributed by atoms with Crippen molar-refractivity contribution in [2.75, 3.05) is 29.6 Å². The standard InChI is InChI=1S/C19H23ClN2O5S/c1-5-27-16-8-6-7-14(11-16)21-19(23)13(2)22(28(4,24)25)15-9-10-18(26-3)17(20)12-15/h6-13H,5H2,1-4H3,(H,21,23). The molecule has 2 aromatic rings. The molecule has 0 radical (unpaired) electrons. The average Bonchev–Trinajstić information content (AvgIpc) is 2.61. The van der Waals surface area contributed by atoms with Gasteiger partial charge < -0.3 is 14.8 Å². The molecule has 1 atom stereocenters. The van der Waals surface area contributed by atoms with E-state index < -0.39 is 22.0 Å². The Morgan fingerprint density at radius 2 is 1.96 bits per heavy atom. The second kappa shape index (κ2) is 9.16. The van der Waals surface area contributed by atoms with Crippen LogP contribution >= 0.6 is 11.6 Å². The van der Waals surface area contributed by atoms with E-state index in [0.29, 0.717) is 23.8 Å². The predicted octanol–water partition coefficient (Wildman–Crippen LogP) is 3.54. The molecule has 0 heterocycles. The van der Waals surface area contributed by atoms with Crippen molar-refractivity contribution in [3.63, 3.8) is 0 Å². The van der Waals surface area contributed by atoms with Gasteiger partial charge in [0.25, 0.3) is 0 Å². The minimum atomic E-state index is -3.76. The van der Waals surface area contributed by atoms with Crippen LogP contribution in [-0.4, -0.2) is 40.3 Å². The van der Waals surface area contributed by atoms with Crippen molar-refractivity contribution in [2.24, 2.45) is 0 Å². The highest BCUT2D eigenvalue weighted by Crippen LogP contribution is 2.31. The van der Waals surface area contributed by atoms with Gasteiger partial charge in [-0.05, 0) is 44.2 Å². The van der Waals surface area contributed by atoms with Gasteiger partial charge in [-0.2, -0.15) is 0 Å². The lowest BCUT2D eigenvalue weighted by molar-refractivity contribution is -0.116. The Hall–Kier alpha value is -2.45. The number of ether oxygens (including phenoxy) is 2. The van der Waals surface area contributed by atoms with Gasteiger partial charge >= 0.3 is 0 Å². The molecular formula is C19H23ClN2O5S. The molecular weight excluding hydrogens is 404 g/mol. The molecule has 1 N–H and O–H groups in total. The Morgan fingerprint density at radius 3 is 2.54 bits per heavy atom. The number of carbonyl (C=O) groups excluding carboxylic acids is 1. The number of hydrogen-bond acceptors (Lipinski definition) is 5. The summed E-state index contributed by atoms with van der Waals surface area (Å²) in [5.74, 6) is 0.518. The summed E-state index contributed by atoms with van der Waals surface area (Å²) in [6.07, 6.45) is 1.03. The third-order valence-electron chi connectivity index (χ3n) is 3.89. The maximum Gasteiger partial charge on any atom is 0.247 e. The molecule has 28 heavy (non-hydrogen) atoms. The smallest absolute Gasteiger partial charge is 0.247 e. The molecule has 2 aromatic carbocycles. The van der Waals surface area contributed by atoms with Crippen LogP contribution in [0.15, 0.2) is 42.5 Å². The number of nitrogens with one attached hydrogen (secondary N) is 1. The summed E-state index contributed by atoms with van der Waals surface area (Å²) in [6.45, 7) is 3.85. The normalized spacial score (nSPS) is 12.2. The van der Waals surface area contributed by atoms with Gasteiger partial charge in [-0.25, -0.2) is 8.42 Å². The first kappa shape index (κ1) is 21.8. The molecule has 1 unspecified atom stereocenters. The van der Waals surface area contributed by atoms with Crippen molar-refractivity contribution >= 4 is 38.9 Å². The van der Waals surface area contributed by atoms with Crippen molar-refractivity contribution < 1.29 is 22.7 Å². The van der Waals surface area contributed by atoms with Gasteiger partial charge in [0, 0.05) is 11.8 Å². The quantitative estimate of drug-likeness (QED) is 0.697. The molecule has 152 valence electrons. The van der Waals surface area contributed by atoms with Gasteiger partial charge in [0.15, 0.2) is 0 Å². The number of nitrogens with zero attached hydrogens (tertiary/aromatic N) is 1. The maximum absolute atomic E-state index is 12.7. The third-order valence-corrected chi connectivity index (χ3v) is 5.43. The molecule has 1 amide bonds. The predicted molar refractivity (Wildman–Crippen MR) is 111 cm³/mol. The van der Waals surface area contributed by atoms with Crippen molar-refractivity contribution in [3.05, 3.63) is 47.5 Å². The molecule has 9 heteroatoms. The minimum absolute atomic E-state index is 0.241. The highest BCUT2D eigenvalue weighted by molar-refractivity contribution is 7.92. The lowest BCUT2D eigenvalue weighted by atomic mass is 10.2. The summed E-state index contributed by atoms with van der Waals surface area (Å²) in [5, 5.41) is 2.96. The first-order valence-electron chi connectivity index (χ1n) is 8.54. The van der Waals surface area contributed by atoms with E-state index in [1.807, 2.05) is 6.92 Å². The first-order chi connectivity index (χ1) is 13.2. The third kappa shape index (κ3) is 5.30. The Balaban J connectivity index is 2.30. The van der Waals surface area contributed by atoms with Crippen molar-refractivity contribution in [3.8, 4) is 11.5 Å². The van der Waals surface area contributed by atoms with E-state index in [0.717, 1.165) is 10.6 Å². The van der Waals surface area contributed by atoms with Gasteiger partial charge in [-0.3, -0.25) is 9.10 Å². The summed E-state index contributed by atoms with van der Waals surface area (Å²) in [4.78, 5) is 12.7. The molecule has 0 saturated carbocycles. The van der Waals surface area contributed by atoms with E-state index in [2.05, 4.69) is 5.32 Å². The number of methoxy groups -OCH3 is 1. The van der Waals surface area contributed by atoms with Gasteiger partial charge in [-0.1, -0.05) is 17.7 Å². The SMILES string of the molecule is CCOc1cccc(NC(=O)C(C)N(c2ccc(OC)c(Cl)c2)S(C)(=O)=O)c1. The second-order valence-corrected chi connectivity index (χ2v) is 8.27. The molecule has 2 rings (SSSR count). The fourth-order valence-corrected chi connectivity index (χ4v) is 4.10. The number of halogens is 1. The van der Waals surface area contributed by atoms with Gasteiger partial charge in [0.1, 0.15) is 17.5 Å². The summed E-state index contributed by atoms with van der Waals surface area (Å²) < 4.78 is 36.3. The number of hydrogen-bond donors (Lipinski definition) is 1. The minimum Gasteiger partial charge on any atom is -0.495 e. The summed E-state index contributed by atoms with van der Waals surface area (Å²) >= 11 is 6.12. The van der Waals surface area contributed by atoms with E-state index >= 15 is 0 Å². The Kier molecular flexibility index (Phi) is 7.15. The van der Waals surface area contributed by atoms with Crippen LogP contribution in [0.5, 0.6) is 11.5 Å². The van der Waals surface area contributed by atoms with Crippen molar-refractivity contribution in [2.45, 2.75) is 19.9 Å². The van der Waals surface area contributed by atoms with Crippen LogP contribution in [0.1, 0.15) is 13.8 Å². The van der Waals surface area contributed by atoms with E-state index in [1.165, 1.54) is 26.2 Å². The Bertz CT molecular complexity index is 949. The molecule has 0 aliphatic rings. The number of amides is 1. The number of anilines is 2. The molecule has 0 fully saturated rings. The summed E-state index contributed by atoms with van der Waals surface area (Å²) in [5.41, 5.74) is 0.767. The zero-order chi connectivity index (χ0) is 20.9. The highest BCUT2D eigenvalue weighted by Gasteiger charge is 2.29. The van der Waals surface area contributed by atoms with Crippen LogP contribution < -0.4 is 19.1 Å².